The Morgan fingerprint density at radius 1 is 0.939 bits per heavy atom. The molecule has 2 aliphatic carbocycles. The second-order valence-electron chi connectivity index (χ2n) is 8.74. The summed E-state index contributed by atoms with van der Waals surface area (Å²) in [5.74, 6) is -1.69. The van der Waals surface area contributed by atoms with Gasteiger partial charge in [-0.2, -0.15) is 0 Å². The van der Waals surface area contributed by atoms with Crippen molar-refractivity contribution in [1.82, 2.24) is 4.90 Å². The normalized spacial score (nSPS) is 25.2. The van der Waals surface area contributed by atoms with E-state index in [0.717, 1.165) is 16.9 Å². The van der Waals surface area contributed by atoms with Crippen LogP contribution in [0.4, 0.5) is 0 Å². The third-order valence-electron chi connectivity index (χ3n) is 6.88. The Morgan fingerprint density at radius 3 is 2.33 bits per heavy atom. The lowest BCUT2D eigenvalue weighted by molar-refractivity contribution is -0.148. The van der Waals surface area contributed by atoms with Crippen molar-refractivity contribution in [2.75, 3.05) is 6.54 Å². The van der Waals surface area contributed by atoms with Gasteiger partial charge in [0, 0.05) is 17.5 Å². The molecule has 3 aromatic rings. The Hall–Kier alpha value is -4.00. The van der Waals surface area contributed by atoms with Crippen molar-refractivity contribution in [2.45, 2.75) is 6.42 Å². The summed E-state index contributed by atoms with van der Waals surface area (Å²) < 4.78 is 10.7. The molecule has 6 rings (SSSR count). The largest absolute Gasteiger partial charge is 0.425 e. The SMILES string of the molecule is O=C(CN1C(=O)C2C3C=CC(C3)C2C1=O)Oc1ccc2c(-c3ccccc3)cc(=O)oc2c1. The molecule has 3 aliphatic rings. The van der Waals surface area contributed by atoms with Crippen molar-refractivity contribution in [2.24, 2.45) is 23.7 Å². The molecule has 1 saturated carbocycles. The minimum atomic E-state index is -0.724. The number of hydrogen-bond acceptors (Lipinski definition) is 6. The smallest absolute Gasteiger partial charge is 0.336 e. The molecule has 0 radical (unpaired) electrons. The fourth-order valence-electron chi connectivity index (χ4n) is 5.48. The number of hydrogen-bond donors (Lipinski definition) is 0. The van der Waals surface area contributed by atoms with Gasteiger partial charge >= 0.3 is 11.6 Å². The molecular weight excluding hydrogens is 422 g/mol. The van der Waals surface area contributed by atoms with Gasteiger partial charge in [-0.3, -0.25) is 14.5 Å². The van der Waals surface area contributed by atoms with Crippen LogP contribution in [0.15, 0.2) is 76.0 Å². The average Bonchev–Trinajstić information content (AvgIpc) is 3.49. The van der Waals surface area contributed by atoms with Crippen molar-refractivity contribution in [3.63, 3.8) is 0 Å². The molecule has 2 bridgehead atoms. The minimum Gasteiger partial charge on any atom is -0.425 e. The highest BCUT2D eigenvalue weighted by Crippen LogP contribution is 2.52. The predicted molar refractivity (Wildman–Crippen MR) is 118 cm³/mol. The number of amides is 2. The number of imide groups is 1. The number of esters is 1. The molecule has 4 unspecified atom stereocenters. The van der Waals surface area contributed by atoms with Crippen LogP contribution in [0, 0.1) is 23.7 Å². The zero-order valence-electron chi connectivity index (χ0n) is 17.5. The van der Waals surface area contributed by atoms with Crippen LogP contribution in [0.5, 0.6) is 5.75 Å². The van der Waals surface area contributed by atoms with Gasteiger partial charge in [0.1, 0.15) is 17.9 Å². The number of ether oxygens (including phenoxy) is 1. The Labute approximate surface area is 188 Å². The van der Waals surface area contributed by atoms with Crippen LogP contribution >= 0.6 is 0 Å². The van der Waals surface area contributed by atoms with Crippen molar-refractivity contribution in [3.05, 3.63) is 77.2 Å². The average molecular weight is 441 g/mol. The summed E-state index contributed by atoms with van der Waals surface area (Å²) >= 11 is 0. The van der Waals surface area contributed by atoms with Crippen LogP contribution in [0.2, 0.25) is 0 Å². The first-order valence-corrected chi connectivity index (χ1v) is 10.9. The van der Waals surface area contributed by atoms with Crippen molar-refractivity contribution >= 4 is 28.8 Å². The number of nitrogens with zero attached hydrogens (tertiary/aromatic N) is 1. The topological polar surface area (TPSA) is 93.9 Å². The molecule has 2 heterocycles. The summed E-state index contributed by atoms with van der Waals surface area (Å²) in [4.78, 5) is 51.3. The van der Waals surface area contributed by atoms with Gasteiger partial charge in [-0.15, -0.1) is 0 Å². The summed E-state index contributed by atoms with van der Waals surface area (Å²) in [6.45, 7) is -0.434. The van der Waals surface area contributed by atoms with Crippen molar-refractivity contribution in [1.29, 1.82) is 0 Å². The maximum atomic E-state index is 12.8. The van der Waals surface area contributed by atoms with Gasteiger partial charge in [-0.25, -0.2) is 9.59 Å². The molecule has 164 valence electrons. The molecule has 2 fully saturated rings. The molecule has 1 aromatic heterocycles. The number of rotatable bonds is 4. The van der Waals surface area contributed by atoms with E-state index in [1.165, 1.54) is 12.1 Å². The number of carbonyl (C=O) groups is 3. The van der Waals surface area contributed by atoms with Crippen LogP contribution in [0.3, 0.4) is 0 Å². The molecule has 33 heavy (non-hydrogen) atoms. The third kappa shape index (κ3) is 3.11. The zero-order chi connectivity index (χ0) is 22.7. The summed E-state index contributed by atoms with van der Waals surface area (Å²) in [6.07, 6.45) is 4.84. The van der Waals surface area contributed by atoms with Crippen LogP contribution < -0.4 is 10.4 Å². The molecule has 7 nitrogen and oxygen atoms in total. The summed E-state index contributed by atoms with van der Waals surface area (Å²) in [5.41, 5.74) is 1.33. The number of benzene rings is 2. The van der Waals surface area contributed by atoms with Crippen LogP contribution in [-0.2, 0) is 14.4 Å². The third-order valence-corrected chi connectivity index (χ3v) is 6.88. The van der Waals surface area contributed by atoms with Gasteiger partial charge in [0.05, 0.1) is 11.8 Å². The van der Waals surface area contributed by atoms with E-state index in [1.54, 1.807) is 12.1 Å². The molecule has 2 amide bonds. The maximum absolute atomic E-state index is 12.8. The predicted octanol–water partition coefficient (Wildman–Crippen LogP) is 3.17. The highest BCUT2D eigenvalue weighted by Gasteiger charge is 2.59. The number of allylic oxidation sites excluding steroid dienone is 2. The second-order valence-corrected chi connectivity index (χ2v) is 8.74. The lowest BCUT2D eigenvalue weighted by Crippen LogP contribution is -2.38. The highest BCUT2D eigenvalue weighted by atomic mass is 16.5. The van der Waals surface area contributed by atoms with E-state index < -0.39 is 18.1 Å². The van der Waals surface area contributed by atoms with Gasteiger partial charge in [-0.1, -0.05) is 42.5 Å². The molecule has 4 atom stereocenters. The van der Waals surface area contributed by atoms with Crippen LogP contribution in [0.1, 0.15) is 6.42 Å². The molecule has 1 aliphatic heterocycles. The van der Waals surface area contributed by atoms with Gasteiger partial charge in [0.15, 0.2) is 0 Å². The molecular formula is C26H19NO6. The standard InChI is InChI=1S/C26H19NO6/c28-21-12-19(14-4-2-1-3-5-14)18-9-8-17(11-20(18)33-21)32-22(29)13-27-25(30)23-15-6-7-16(10-15)24(23)26(27)31/h1-9,11-12,15-16,23-24H,10,13H2. The monoisotopic (exact) mass is 441 g/mol. The number of fused-ring (bicyclic) bond motifs is 6. The molecule has 1 saturated heterocycles. The van der Waals surface area contributed by atoms with Crippen molar-refractivity contribution in [3.8, 4) is 16.9 Å². The Morgan fingerprint density at radius 2 is 1.64 bits per heavy atom. The van der Waals surface area contributed by atoms with Gasteiger partial charge in [-0.05, 0) is 41.5 Å². The van der Waals surface area contributed by atoms with E-state index in [-0.39, 0.29) is 46.8 Å². The van der Waals surface area contributed by atoms with E-state index in [9.17, 15) is 19.2 Å². The zero-order valence-corrected chi connectivity index (χ0v) is 17.5. The lowest BCUT2D eigenvalue weighted by atomic mass is 9.85. The maximum Gasteiger partial charge on any atom is 0.336 e. The first-order valence-electron chi connectivity index (χ1n) is 10.9. The number of likely N-dealkylation sites (tertiary alicyclic amines) is 1. The van der Waals surface area contributed by atoms with Crippen LogP contribution in [-0.4, -0.2) is 29.2 Å². The first kappa shape index (κ1) is 19.7. The van der Waals surface area contributed by atoms with Crippen molar-refractivity contribution < 1.29 is 23.5 Å². The second kappa shape index (κ2) is 7.27. The summed E-state index contributed by atoms with van der Waals surface area (Å²) in [5, 5.41) is 0.696. The van der Waals surface area contributed by atoms with E-state index in [2.05, 4.69) is 0 Å². The van der Waals surface area contributed by atoms with E-state index in [1.807, 2.05) is 42.5 Å². The number of carbonyl (C=O) groups excluding carboxylic acids is 3. The van der Waals surface area contributed by atoms with Gasteiger partial charge in [0.25, 0.3) is 0 Å². The molecule has 7 heteroatoms. The fourth-order valence-corrected chi connectivity index (χ4v) is 5.48. The Bertz CT molecular complexity index is 1380. The molecule has 2 aromatic carbocycles. The lowest BCUT2D eigenvalue weighted by Gasteiger charge is -2.16. The highest BCUT2D eigenvalue weighted by molar-refractivity contribution is 6.08. The van der Waals surface area contributed by atoms with Crippen LogP contribution in [0.25, 0.3) is 22.1 Å². The van der Waals surface area contributed by atoms with E-state index in [0.29, 0.717) is 10.9 Å². The van der Waals surface area contributed by atoms with E-state index in [4.69, 9.17) is 9.15 Å². The fraction of sp³-hybridized carbons (Fsp3) is 0.231. The Kier molecular flexibility index (Phi) is 4.33. The van der Waals surface area contributed by atoms with Gasteiger partial charge < -0.3 is 9.15 Å². The summed E-state index contributed by atoms with van der Waals surface area (Å²) in [6, 6.07) is 15.6. The quantitative estimate of drug-likeness (QED) is 0.203. The molecule has 0 N–H and O–H groups in total. The molecule has 0 spiro atoms. The summed E-state index contributed by atoms with van der Waals surface area (Å²) in [7, 11) is 0. The Balaban J connectivity index is 1.23. The minimum absolute atomic E-state index is 0.0830. The van der Waals surface area contributed by atoms with Gasteiger partial charge in [0.2, 0.25) is 11.8 Å². The van der Waals surface area contributed by atoms with E-state index >= 15 is 0 Å². The first-order chi connectivity index (χ1) is 16.0.